The van der Waals surface area contributed by atoms with Crippen molar-refractivity contribution in [2.24, 2.45) is 0 Å². The minimum Gasteiger partial charge on any atom is -0.875 e. The summed E-state index contributed by atoms with van der Waals surface area (Å²) in [6.07, 6.45) is 1.73. The number of aliphatic hydroxyl groups is 1. The van der Waals surface area contributed by atoms with E-state index in [1.165, 1.54) is 0 Å². The molecule has 0 aromatic rings. The van der Waals surface area contributed by atoms with E-state index in [-0.39, 0.29) is 65.9 Å². The van der Waals surface area contributed by atoms with E-state index in [9.17, 15) is 19.8 Å². The van der Waals surface area contributed by atoms with Crippen LogP contribution in [0, 0.1) is 0 Å². The fraction of sp³-hybridized carbons (Fsp3) is 0.667. The van der Waals surface area contributed by atoms with Crippen molar-refractivity contribution in [1.29, 1.82) is 0 Å². The molecule has 90 valence electrons. The molecule has 4 nitrogen and oxygen atoms in total. The zero-order valence-corrected chi connectivity index (χ0v) is 12.5. The largest absolute Gasteiger partial charge is 1.00 e. The molecule has 5 heteroatoms. The van der Waals surface area contributed by atoms with Gasteiger partial charge in [0.1, 0.15) is 0 Å². The second kappa shape index (κ2) is 8.03. The third-order valence-electron chi connectivity index (χ3n) is 2.74. The van der Waals surface area contributed by atoms with E-state index in [4.69, 9.17) is 0 Å². The third-order valence-corrected chi connectivity index (χ3v) is 2.74. The van der Waals surface area contributed by atoms with Gasteiger partial charge in [0, 0.05) is 18.4 Å². The molecular formula is C12H17NaO4. The Morgan fingerprint density at radius 1 is 1.41 bits per heavy atom. The van der Waals surface area contributed by atoms with Crippen LogP contribution in [0.2, 0.25) is 0 Å². The van der Waals surface area contributed by atoms with Gasteiger partial charge >= 0.3 is 29.6 Å². The van der Waals surface area contributed by atoms with Crippen molar-refractivity contribution >= 4 is 11.6 Å². The monoisotopic (exact) mass is 248 g/mol. The van der Waals surface area contributed by atoms with Gasteiger partial charge in [-0.25, -0.2) is 0 Å². The molecule has 0 radical (unpaired) electrons. The van der Waals surface area contributed by atoms with Gasteiger partial charge in [-0.2, -0.15) is 0 Å². The molecule has 1 aliphatic carbocycles. The van der Waals surface area contributed by atoms with Crippen molar-refractivity contribution in [2.45, 2.75) is 51.6 Å². The van der Waals surface area contributed by atoms with Crippen molar-refractivity contribution in [1.82, 2.24) is 0 Å². The van der Waals surface area contributed by atoms with E-state index in [1.54, 1.807) is 0 Å². The Labute approximate surface area is 123 Å². The number of hydrogen-bond acceptors (Lipinski definition) is 4. The van der Waals surface area contributed by atoms with Crippen LogP contribution in [0.5, 0.6) is 0 Å². The van der Waals surface area contributed by atoms with Crippen LogP contribution >= 0.6 is 0 Å². The van der Waals surface area contributed by atoms with Crippen molar-refractivity contribution in [3.63, 3.8) is 0 Å². The predicted octanol–water partition coefficient (Wildman–Crippen LogP) is -2.52. The average Bonchev–Trinajstić information content (AvgIpc) is 2.56. The maximum atomic E-state index is 11.6. The van der Waals surface area contributed by atoms with Crippen LogP contribution in [0.1, 0.15) is 45.4 Å². The second-order valence-electron chi connectivity index (χ2n) is 4.13. The number of aliphatic hydroxyl groups excluding tert-OH is 1. The molecule has 17 heavy (non-hydrogen) atoms. The van der Waals surface area contributed by atoms with Crippen LogP contribution in [0.4, 0.5) is 0 Å². The molecule has 0 spiro atoms. The zero-order valence-electron chi connectivity index (χ0n) is 10.5. The van der Waals surface area contributed by atoms with Crippen LogP contribution in [-0.4, -0.2) is 22.8 Å². The molecule has 0 aromatic carbocycles. The van der Waals surface area contributed by atoms with Gasteiger partial charge in [0.05, 0.1) is 6.10 Å². The first kappa shape index (κ1) is 16.8. The normalized spacial score (nSPS) is 16.9. The first-order valence-electron chi connectivity index (χ1n) is 5.70. The van der Waals surface area contributed by atoms with Gasteiger partial charge < -0.3 is 10.2 Å². The summed E-state index contributed by atoms with van der Waals surface area (Å²) in [5, 5.41) is 20.7. The smallest absolute Gasteiger partial charge is 0.875 e. The SMILES string of the molecule is CCCC(O)CCC(=O)C1=C([O-])CCC1=O.[Na+]. The summed E-state index contributed by atoms with van der Waals surface area (Å²) >= 11 is 0. The van der Waals surface area contributed by atoms with Gasteiger partial charge in [-0.1, -0.05) is 13.3 Å². The molecule has 0 saturated heterocycles. The van der Waals surface area contributed by atoms with Crippen LogP contribution in [-0.2, 0) is 9.59 Å². The van der Waals surface area contributed by atoms with Crippen LogP contribution in [0.3, 0.4) is 0 Å². The number of hydrogen-bond donors (Lipinski definition) is 1. The second-order valence-corrected chi connectivity index (χ2v) is 4.13. The van der Waals surface area contributed by atoms with Crippen molar-refractivity contribution in [2.75, 3.05) is 0 Å². The summed E-state index contributed by atoms with van der Waals surface area (Å²) in [5.41, 5.74) is -0.149. The van der Waals surface area contributed by atoms with Crippen LogP contribution < -0.4 is 34.7 Å². The van der Waals surface area contributed by atoms with E-state index in [1.807, 2.05) is 6.92 Å². The number of rotatable bonds is 6. The van der Waals surface area contributed by atoms with E-state index in [0.29, 0.717) is 12.8 Å². The quantitative estimate of drug-likeness (QED) is 0.415. The number of carbonyl (C=O) groups is 2. The zero-order chi connectivity index (χ0) is 12.1. The van der Waals surface area contributed by atoms with Gasteiger partial charge in [0.2, 0.25) is 0 Å². The van der Waals surface area contributed by atoms with Crippen molar-refractivity contribution in [3.05, 3.63) is 11.3 Å². The average molecular weight is 248 g/mol. The molecule has 0 fully saturated rings. The van der Waals surface area contributed by atoms with E-state index >= 15 is 0 Å². The van der Waals surface area contributed by atoms with E-state index < -0.39 is 11.9 Å². The van der Waals surface area contributed by atoms with Crippen molar-refractivity contribution in [3.8, 4) is 0 Å². The predicted molar refractivity (Wildman–Crippen MR) is 56.4 cm³/mol. The van der Waals surface area contributed by atoms with Gasteiger partial charge in [-0.15, -0.1) is 5.76 Å². The Morgan fingerprint density at radius 3 is 2.53 bits per heavy atom. The van der Waals surface area contributed by atoms with E-state index in [2.05, 4.69) is 0 Å². The van der Waals surface area contributed by atoms with Crippen LogP contribution in [0.15, 0.2) is 11.3 Å². The third kappa shape index (κ3) is 4.92. The maximum Gasteiger partial charge on any atom is 1.00 e. The standard InChI is InChI=1S/C12H18O4.Na/c1-2-3-8(13)4-5-9(14)12-10(15)6-7-11(12)16;/h8,13,15H,2-7H2,1H3;/q;+1/p-1. The van der Waals surface area contributed by atoms with Gasteiger partial charge in [0.15, 0.2) is 11.6 Å². The van der Waals surface area contributed by atoms with Crippen molar-refractivity contribution < 1.29 is 49.4 Å². The first-order valence-corrected chi connectivity index (χ1v) is 5.70. The molecule has 1 aliphatic rings. The molecule has 0 bridgehead atoms. The first-order chi connectivity index (χ1) is 7.56. The number of ketones is 2. The molecule has 1 unspecified atom stereocenters. The Kier molecular flexibility index (Phi) is 7.96. The number of Topliss-reactive ketones (excluding diaryl/α,β-unsaturated/α-hetero) is 2. The fourth-order valence-corrected chi connectivity index (χ4v) is 1.84. The number of allylic oxidation sites excluding steroid dienone is 2. The summed E-state index contributed by atoms with van der Waals surface area (Å²) in [6, 6.07) is 0. The molecule has 1 rings (SSSR count). The Balaban J connectivity index is 0.00000256. The molecule has 0 amide bonds. The maximum absolute atomic E-state index is 11.6. The van der Waals surface area contributed by atoms with Gasteiger partial charge in [-0.05, 0) is 19.3 Å². The topological polar surface area (TPSA) is 77.4 Å². The minimum atomic E-state index is -0.513. The Hall–Kier alpha value is -0.160. The fourth-order valence-electron chi connectivity index (χ4n) is 1.84. The van der Waals surface area contributed by atoms with Crippen LogP contribution in [0.25, 0.3) is 0 Å². The summed E-state index contributed by atoms with van der Waals surface area (Å²) in [5.74, 6) is -1.07. The summed E-state index contributed by atoms with van der Waals surface area (Å²) in [4.78, 5) is 22.8. The molecule has 0 aliphatic heterocycles. The molecule has 0 aromatic heterocycles. The molecule has 1 atom stereocenters. The number of carbonyl (C=O) groups excluding carboxylic acids is 2. The van der Waals surface area contributed by atoms with E-state index in [0.717, 1.165) is 6.42 Å². The summed E-state index contributed by atoms with van der Waals surface area (Å²) in [6.45, 7) is 1.95. The Bertz CT molecular complexity index is 322. The van der Waals surface area contributed by atoms with Gasteiger partial charge in [-0.3, -0.25) is 9.59 Å². The Morgan fingerprint density at radius 2 is 2.06 bits per heavy atom. The molecule has 0 heterocycles. The minimum absolute atomic E-state index is 0. The molecule has 0 saturated carbocycles. The molecular weight excluding hydrogens is 231 g/mol. The summed E-state index contributed by atoms with van der Waals surface area (Å²) < 4.78 is 0. The van der Waals surface area contributed by atoms with Gasteiger partial charge in [0.25, 0.3) is 0 Å². The summed E-state index contributed by atoms with van der Waals surface area (Å²) in [7, 11) is 0. The molecule has 1 N–H and O–H groups in total.